The Balaban J connectivity index is 1.12. The molecule has 6 nitrogen and oxygen atoms in total. The first-order chi connectivity index (χ1) is 22.7. The Bertz CT molecular complexity index is 1860. The number of hydrogen-bond donors (Lipinski definition) is 0. The fourth-order valence-electron chi connectivity index (χ4n) is 7.00. The SMILES string of the molecule is CC1(C)OB(c2ccc(-c3ccc(-c4nc(-c5ccc6c(c5)CCCC6)nc(-c5ccc6c(c5)CCCC6)n4)cn3)cc2)OC1(C)C. The molecule has 0 N–H and O–H groups in total. The van der Waals surface area contributed by atoms with E-state index >= 15 is 0 Å². The van der Waals surface area contributed by atoms with Gasteiger partial charge in [-0.3, -0.25) is 4.98 Å². The number of benzene rings is 3. The van der Waals surface area contributed by atoms with E-state index in [1.165, 1.54) is 47.9 Å². The van der Waals surface area contributed by atoms with Gasteiger partial charge in [-0.15, -0.1) is 0 Å². The standard InChI is InChI=1S/C40H41BN4O2/c1-39(2)40(3,4)47-41(46-39)34-20-17-28(18-21-34)35-22-19-33(25-42-35)38-44-36(31-15-13-26-9-5-7-11-29(26)23-31)43-37(45-38)32-16-14-27-10-6-8-12-30(27)24-32/h13-25H,5-12H2,1-4H3. The molecule has 2 aromatic heterocycles. The minimum atomic E-state index is -0.387. The molecule has 0 atom stereocenters. The first-order valence-corrected chi connectivity index (χ1v) is 17.2. The maximum Gasteiger partial charge on any atom is 0.494 e. The van der Waals surface area contributed by atoms with E-state index in [-0.39, 0.29) is 18.3 Å². The Hall–Kier alpha value is -4.20. The van der Waals surface area contributed by atoms with Gasteiger partial charge >= 0.3 is 7.12 Å². The molecule has 3 aromatic carbocycles. The van der Waals surface area contributed by atoms with Crippen LogP contribution in [0.5, 0.6) is 0 Å². The minimum Gasteiger partial charge on any atom is -0.399 e. The van der Waals surface area contributed by atoms with Gasteiger partial charge < -0.3 is 9.31 Å². The van der Waals surface area contributed by atoms with Gasteiger partial charge in [-0.2, -0.15) is 0 Å². The molecule has 0 amide bonds. The lowest BCUT2D eigenvalue weighted by Gasteiger charge is -2.32. The summed E-state index contributed by atoms with van der Waals surface area (Å²) in [5.41, 5.74) is 10.8. The van der Waals surface area contributed by atoms with Crippen LogP contribution in [0.2, 0.25) is 0 Å². The van der Waals surface area contributed by atoms with Gasteiger partial charge in [0.1, 0.15) is 0 Å². The van der Waals surface area contributed by atoms with Crippen molar-refractivity contribution in [2.75, 3.05) is 0 Å². The van der Waals surface area contributed by atoms with Gasteiger partial charge in [0.2, 0.25) is 0 Å². The number of aryl methyl sites for hydroxylation is 4. The normalized spacial score (nSPS) is 18.1. The second-order valence-electron chi connectivity index (χ2n) is 14.3. The predicted octanol–water partition coefficient (Wildman–Crippen LogP) is 7.99. The Morgan fingerprint density at radius 2 is 0.957 bits per heavy atom. The summed E-state index contributed by atoms with van der Waals surface area (Å²) in [5.74, 6) is 2.05. The highest BCUT2D eigenvalue weighted by atomic mass is 16.7. The van der Waals surface area contributed by atoms with Crippen molar-refractivity contribution in [2.24, 2.45) is 0 Å². The van der Waals surface area contributed by atoms with Gasteiger partial charge in [-0.1, -0.05) is 48.5 Å². The Morgan fingerprint density at radius 3 is 1.45 bits per heavy atom. The van der Waals surface area contributed by atoms with Gasteiger partial charge in [0.25, 0.3) is 0 Å². The van der Waals surface area contributed by atoms with E-state index < -0.39 is 0 Å². The highest BCUT2D eigenvalue weighted by Crippen LogP contribution is 2.37. The average molecular weight is 621 g/mol. The van der Waals surface area contributed by atoms with E-state index in [4.69, 9.17) is 29.2 Å². The molecule has 1 aliphatic heterocycles. The van der Waals surface area contributed by atoms with Crippen LogP contribution in [0.4, 0.5) is 0 Å². The van der Waals surface area contributed by atoms with Gasteiger partial charge in [0.05, 0.1) is 16.9 Å². The number of hydrogen-bond acceptors (Lipinski definition) is 6. The third kappa shape index (κ3) is 5.81. The molecule has 236 valence electrons. The van der Waals surface area contributed by atoms with Crippen LogP contribution in [-0.2, 0) is 35.0 Å². The smallest absolute Gasteiger partial charge is 0.399 e. The number of pyridine rings is 1. The number of nitrogens with zero attached hydrogens (tertiary/aromatic N) is 4. The molecule has 1 saturated heterocycles. The topological polar surface area (TPSA) is 70.0 Å². The lowest BCUT2D eigenvalue weighted by atomic mass is 9.79. The molecule has 8 rings (SSSR count). The summed E-state index contributed by atoms with van der Waals surface area (Å²) in [5, 5.41) is 0. The van der Waals surface area contributed by atoms with Crippen molar-refractivity contribution < 1.29 is 9.31 Å². The molecule has 5 aromatic rings. The zero-order chi connectivity index (χ0) is 32.2. The Labute approximate surface area is 278 Å². The lowest BCUT2D eigenvalue weighted by molar-refractivity contribution is 0.00578. The van der Waals surface area contributed by atoms with Gasteiger partial charge in [-0.05, 0) is 131 Å². The summed E-state index contributed by atoms with van der Waals surface area (Å²) in [7, 11) is -0.387. The molecule has 3 heterocycles. The van der Waals surface area contributed by atoms with Crippen LogP contribution in [0, 0.1) is 0 Å². The average Bonchev–Trinajstić information content (AvgIpc) is 3.33. The van der Waals surface area contributed by atoms with E-state index in [1.54, 1.807) is 0 Å². The first kappa shape index (κ1) is 30.2. The van der Waals surface area contributed by atoms with Crippen LogP contribution in [0.3, 0.4) is 0 Å². The van der Waals surface area contributed by atoms with E-state index in [0.29, 0.717) is 17.5 Å². The van der Waals surface area contributed by atoms with Crippen LogP contribution in [0.1, 0.15) is 75.6 Å². The van der Waals surface area contributed by atoms with E-state index in [1.807, 2.05) is 12.3 Å². The molecule has 0 radical (unpaired) electrons. The molecule has 0 unspecified atom stereocenters. The maximum atomic E-state index is 6.24. The van der Waals surface area contributed by atoms with Crippen molar-refractivity contribution in [2.45, 2.75) is 90.3 Å². The third-order valence-corrected chi connectivity index (χ3v) is 10.6. The molecule has 1 fully saturated rings. The Kier molecular flexibility index (Phi) is 7.57. The first-order valence-electron chi connectivity index (χ1n) is 17.2. The van der Waals surface area contributed by atoms with Crippen molar-refractivity contribution in [3.8, 4) is 45.4 Å². The van der Waals surface area contributed by atoms with Crippen LogP contribution < -0.4 is 5.46 Å². The number of rotatable bonds is 5. The molecule has 0 bridgehead atoms. The lowest BCUT2D eigenvalue weighted by Crippen LogP contribution is -2.41. The maximum absolute atomic E-state index is 6.24. The monoisotopic (exact) mass is 620 g/mol. The van der Waals surface area contributed by atoms with Crippen molar-refractivity contribution in [3.05, 3.63) is 101 Å². The van der Waals surface area contributed by atoms with Crippen LogP contribution in [0.25, 0.3) is 45.4 Å². The summed E-state index contributed by atoms with van der Waals surface area (Å²) in [6, 6.07) is 25.8. The summed E-state index contributed by atoms with van der Waals surface area (Å²) in [6.45, 7) is 8.30. The van der Waals surface area contributed by atoms with Gasteiger partial charge in [0, 0.05) is 28.5 Å². The predicted molar refractivity (Wildman–Crippen MR) is 188 cm³/mol. The summed E-state index contributed by atoms with van der Waals surface area (Å²) >= 11 is 0. The third-order valence-electron chi connectivity index (χ3n) is 10.6. The molecule has 7 heteroatoms. The summed E-state index contributed by atoms with van der Waals surface area (Å²) in [4.78, 5) is 20.0. The molecule has 2 aliphatic carbocycles. The van der Waals surface area contributed by atoms with E-state index in [0.717, 1.165) is 59.1 Å². The van der Waals surface area contributed by atoms with Crippen LogP contribution in [0.15, 0.2) is 79.0 Å². The van der Waals surface area contributed by atoms with Crippen LogP contribution in [-0.4, -0.2) is 38.3 Å². The van der Waals surface area contributed by atoms with Crippen molar-refractivity contribution in [3.63, 3.8) is 0 Å². The summed E-state index contributed by atoms with van der Waals surface area (Å²) in [6.07, 6.45) is 11.4. The fraction of sp³-hybridized carbons (Fsp3) is 0.350. The van der Waals surface area contributed by atoms with Crippen molar-refractivity contribution in [1.29, 1.82) is 0 Å². The second kappa shape index (κ2) is 11.8. The van der Waals surface area contributed by atoms with Crippen LogP contribution >= 0.6 is 0 Å². The zero-order valence-corrected chi connectivity index (χ0v) is 27.8. The largest absolute Gasteiger partial charge is 0.494 e. The van der Waals surface area contributed by atoms with Gasteiger partial charge in [-0.25, -0.2) is 15.0 Å². The Morgan fingerprint density at radius 1 is 0.511 bits per heavy atom. The molecule has 0 saturated carbocycles. The fourth-order valence-corrected chi connectivity index (χ4v) is 7.00. The highest BCUT2D eigenvalue weighted by molar-refractivity contribution is 6.62. The molecular weight excluding hydrogens is 579 g/mol. The van der Waals surface area contributed by atoms with Crippen molar-refractivity contribution in [1.82, 2.24) is 19.9 Å². The van der Waals surface area contributed by atoms with E-state index in [9.17, 15) is 0 Å². The molecule has 0 spiro atoms. The highest BCUT2D eigenvalue weighted by Gasteiger charge is 2.51. The minimum absolute atomic E-state index is 0.373. The number of aromatic nitrogens is 4. The molecule has 3 aliphatic rings. The van der Waals surface area contributed by atoms with Crippen molar-refractivity contribution >= 4 is 12.6 Å². The van der Waals surface area contributed by atoms with E-state index in [2.05, 4.69) is 94.4 Å². The zero-order valence-electron chi connectivity index (χ0n) is 27.8. The molecule has 47 heavy (non-hydrogen) atoms. The molecular formula is C40H41BN4O2. The van der Waals surface area contributed by atoms with Gasteiger partial charge in [0.15, 0.2) is 17.5 Å². The second-order valence-corrected chi connectivity index (χ2v) is 14.3. The summed E-state index contributed by atoms with van der Waals surface area (Å²) < 4.78 is 12.5. The number of fused-ring (bicyclic) bond motifs is 2. The quantitative estimate of drug-likeness (QED) is 0.186.